The van der Waals surface area contributed by atoms with Gasteiger partial charge in [0.15, 0.2) is 0 Å². The standard InChI is InChI=1S/C13H20BrNO3S/c14-13-7-5-6-12(10-13)11-18-8-3-1-2-4-9-19(15,16)17/h5-7,10H,1-4,8-9,11H2,(H2,15,16,17). The van der Waals surface area contributed by atoms with Gasteiger partial charge >= 0.3 is 0 Å². The predicted octanol–water partition coefficient (Wildman–Crippen LogP) is 2.81. The van der Waals surface area contributed by atoms with Crippen LogP contribution >= 0.6 is 15.9 Å². The zero-order valence-corrected chi connectivity index (χ0v) is 13.2. The second-order valence-electron chi connectivity index (χ2n) is 4.46. The molecule has 0 amide bonds. The van der Waals surface area contributed by atoms with E-state index in [4.69, 9.17) is 9.88 Å². The molecule has 1 aromatic carbocycles. The Balaban J connectivity index is 2.00. The molecule has 0 heterocycles. The second kappa shape index (κ2) is 8.68. The van der Waals surface area contributed by atoms with Gasteiger partial charge in [-0.2, -0.15) is 0 Å². The smallest absolute Gasteiger partial charge is 0.209 e. The summed E-state index contributed by atoms with van der Waals surface area (Å²) in [6.07, 6.45) is 3.41. The summed E-state index contributed by atoms with van der Waals surface area (Å²) in [4.78, 5) is 0. The minimum absolute atomic E-state index is 0.0753. The number of halogens is 1. The van der Waals surface area contributed by atoms with E-state index in [9.17, 15) is 8.42 Å². The van der Waals surface area contributed by atoms with Gasteiger partial charge in [-0.1, -0.05) is 40.9 Å². The van der Waals surface area contributed by atoms with Crippen molar-refractivity contribution in [2.75, 3.05) is 12.4 Å². The lowest BCUT2D eigenvalue weighted by molar-refractivity contribution is 0.117. The summed E-state index contributed by atoms with van der Waals surface area (Å²) in [5.74, 6) is 0.0753. The second-order valence-corrected chi connectivity index (χ2v) is 7.11. The van der Waals surface area contributed by atoms with E-state index in [-0.39, 0.29) is 5.75 Å². The molecular formula is C13H20BrNO3S. The van der Waals surface area contributed by atoms with Crippen LogP contribution in [0.5, 0.6) is 0 Å². The maximum absolute atomic E-state index is 10.7. The van der Waals surface area contributed by atoms with Crippen molar-refractivity contribution < 1.29 is 13.2 Å². The molecule has 0 bridgehead atoms. The fourth-order valence-electron chi connectivity index (χ4n) is 1.68. The summed E-state index contributed by atoms with van der Waals surface area (Å²) < 4.78 is 28.0. The number of unbranched alkanes of at least 4 members (excludes halogenated alkanes) is 3. The highest BCUT2D eigenvalue weighted by atomic mass is 79.9. The van der Waals surface area contributed by atoms with Gasteiger partial charge in [0.25, 0.3) is 0 Å². The van der Waals surface area contributed by atoms with Gasteiger partial charge < -0.3 is 4.74 Å². The van der Waals surface area contributed by atoms with Gasteiger partial charge in [-0.15, -0.1) is 0 Å². The Bertz CT molecular complexity index is 477. The van der Waals surface area contributed by atoms with Gasteiger partial charge in [-0.3, -0.25) is 0 Å². The van der Waals surface area contributed by atoms with Crippen molar-refractivity contribution in [3.8, 4) is 0 Å². The minimum atomic E-state index is -3.30. The number of hydrogen-bond acceptors (Lipinski definition) is 3. The Morgan fingerprint density at radius 2 is 1.89 bits per heavy atom. The summed E-state index contributed by atoms with van der Waals surface area (Å²) in [6.45, 7) is 1.30. The molecule has 0 aromatic heterocycles. The number of benzene rings is 1. The first-order valence-electron chi connectivity index (χ1n) is 6.30. The Morgan fingerprint density at radius 3 is 2.58 bits per heavy atom. The maximum atomic E-state index is 10.7. The largest absolute Gasteiger partial charge is 0.377 e. The SMILES string of the molecule is NS(=O)(=O)CCCCCCOCc1cccc(Br)c1. The summed E-state index contributed by atoms with van der Waals surface area (Å²) in [6, 6.07) is 8.02. The van der Waals surface area contributed by atoms with E-state index >= 15 is 0 Å². The van der Waals surface area contributed by atoms with Crippen LogP contribution in [0.25, 0.3) is 0 Å². The van der Waals surface area contributed by atoms with E-state index in [1.54, 1.807) is 0 Å². The third kappa shape index (κ3) is 9.15. The van der Waals surface area contributed by atoms with E-state index in [0.29, 0.717) is 19.6 Å². The van der Waals surface area contributed by atoms with Crippen molar-refractivity contribution in [2.24, 2.45) is 5.14 Å². The topological polar surface area (TPSA) is 69.4 Å². The van der Waals surface area contributed by atoms with Crippen LogP contribution in [0.1, 0.15) is 31.2 Å². The van der Waals surface area contributed by atoms with Crippen LogP contribution in [0.4, 0.5) is 0 Å². The van der Waals surface area contributed by atoms with Crippen LogP contribution in [0.2, 0.25) is 0 Å². The summed E-state index contributed by atoms with van der Waals surface area (Å²) in [5, 5.41) is 4.92. The Morgan fingerprint density at radius 1 is 1.16 bits per heavy atom. The van der Waals surface area contributed by atoms with Crippen LogP contribution in [-0.4, -0.2) is 20.8 Å². The molecule has 0 aliphatic heterocycles. The molecule has 1 aromatic rings. The normalized spacial score (nSPS) is 11.7. The first-order chi connectivity index (χ1) is 8.97. The Labute approximate surface area is 123 Å². The zero-order chi connectivity index (χ0) is 14.1. The molecule has 0 fully saturated rings. The monoisotopic (exact) mass is 349 g/mol. The molecule has 0 aliphatic carbocycles. The van der Waals surface area contributed by atoms with E-state index < -0.39 is 10.0 Å². The highest BCUT2D eigenvalue weighted by molar-refractivity contribution is 9.10. The van der Waals surface area contributed by atoms with Crippen molar-refractivity contribution in [3.05, 3.63) is 34.3 Å². The molecular weight excluding hydrogens is 330 g/mol. The number of hydrogen-bond donors (Lipinski definition) is 1. The van der Waals surface area contributed by atoms with Gasteiger partial charge in [-0.05, 0) is 30.5 Å². The lowest BCUT2D eigenvalue weighted by atomic mass is 10.2. The van der Waals surface area contributed by atoms with Gasteiger partial charge in [0.2, 0.25) is 10.0 Å². The molecule has 19 heavy (non-hydrogen) atoms. The first kappa shape index (κ1) is 16.6. The number of primary sulfonamides is 1. The number of sulfonamides is 1. The molecule has 4 nitrogen and oxygen atoms in total. The average molecular weight is 350 g/mol. The highest BCUT2D eigenvalue weighted by Gasteiger charge is 2.01. The van der Waals surface area contributed by atoms with Gasteiger partial charge in [0, 0.05) is 11.1 Å². The van der Waals surface area contributed by atoms with E-state index in [1.165, 1.54) is 0 Å². The molecule has 2 N–H and O–H groups in total. The molecule has 0 spiro atoms. The van der Waals surface area contributed by atoms with E-state index in [1.807, 2.05) is 24.3 Å². The number of nitrogens with two attached hydrogens (primary N) is 1. The third-order valence-corrected chi connectivity index (χ3v) is 3.98. The molecule has 0 unspecified atom stereocenters. The van der Waals surface area contributed by atoms with Gasteiger partial charge in [0.05, 0.1) is 12.4 Å². The van der Waals surface area contributed by atoms with Crippen LogP contribution in [-0.2, 0) is 21.4 Å². The minimum Gasteiger partial charge on any atom is -0.377 e. The Hall–Kier alpha value is -0.430. The number of ether oxygens (including phenoxy) is 1. The molecule has 0 aliphatic rings. The lowest BCUT2D eigenvalue weighted by Gasteiger charge is -2.05. The van der Waals surface area contributed by atoms with Crippen molar-refractivity contribution in [1.82, 2.24) is 0 Å². The molecule has 1 rings (SSSR count). The van der Waals surface area contributed by atoms with Crippen LogP contribution < -0.4 is 5.14 Å². The zero-order valence-electron chi connectivity index (χ0n) is 10.8. The summed E-state index contributed by atoms with van der Waals surface area (Å²) in [5.41, 5.74) is 1.14. The quantitative estimate of drug-likeness (QED) is 0.697. The molecule has 0 atom stereocenters. The van der Waals surface area contributed by atoms with Gasteiger partial charge in [-0.25, -0.2) is 13.6 Å². The van der Waals surface area contributed by atoms with Crippen LogP contribution in [0.3, 0.4) is 0 Å². The van der Waals surface area contributed by atoms with Crippen molar-refractivity contribution in [1.29, 1.82) is 0 Å². The summed E-state index contributed by atoms with van der Waals surface area (Å²) in [7, 11) is -3.30. The van der Waals surface area contributed by atoms with E-state index in [0.717, 1.165) is 29.3 Å². The third-order valence-electron chi connectivity index (χ3n) is 2.63. The van der Waals surface area contributed by atoms with Crippen molar-refractivity contribution >= 4 is 26.0 Å². The Kier molecular flexibility index (Phi) is 7.60. The van der Waals surface area contributed by atoms with E-state index in [2.05, 4.69) is 15.9 Å². The maximum Gasteiger partial charge on any atom is 0.209 e. The van der Waals surface area contributed by atoms with Crippen LogP contribution in [0.15, 0.2) is 28.7 Å². The fourth-order valence-corrected chi connectivity index (χ4v) is 2.73. The molecule has 108 valence electrons. The molecule has 0 saturated heterocycles. The van der Waals surface area contributed by atoms with Crippen molar-refractivity contribution in [3.63, 3.8) is 0 Å². The first-order valence-corrected chi connectivity index (χ1v) is 8.81. The molecule has 0 saturated carbocycles. The molecule has 6 heteroatoms. The van der Waals surface area contributed by atoms with Gasteiger partial charge in [0.1, 0.15) is 0 Å². The average Bonchev–Trinajstić information content (AvgIpc) is 2.31. The number of rotatable bonds is 9. The molecule has 0 radical (unpaired) electrons. The highest BCUT2D eigenvalue weighted by Crippen LogP contribution is 2.12. The lowest BCUT2D eigenvalue weighted by Crippen LogP contribution is -2.16. The predicted molar refractivity (Wildman–Crippen MR) is 80.2 cm³/mol. The van der Waals surface area contributed by atoms with Crippen molar-refractivity contribution in [2.45, 2.75) is 32.3 Å². The fraction of sp³-hybridized carbons (Fsp3) is 0.538. The summed E-state index contributed by atoms with van der Waals surface area (Å²) >= 11 is 3.41. The van der Waals surface area contributed by atoms with Crippen LogP contribution in [0, 0.1) is 0 Å².